The van der Waals surface area contributed by atoms with Gasteiger partial charge < -0.3 is 25.1 Å². The molecule has 0 saturated carbocycles. The SMILES string of the molecule is COc1cc(-c2cnn(C)c2)ccc1C1(N)NC(=NC2CCOCC2)c2c(C(F)(F)F)c[nH]c2N1. The van der Waals surface area contributed by atoms with Gasteiger partial charge in [0.25, 0.3) is 0 Å². The molecular weight excluding hydrogens is 463 g/mol. The Hall–Kier alpha value is -3.51. The molecule has 1 saturated heterocycles. The number of H-pyrrole nitrogens is 1. The Morgan fingerprint density at radius 3 is 2.66 bits per heavy atom. The smallest absolute Gasteiger partial charge is 0.418 e. The van der Waals surface area contributed by atoms with E-state index >= 15 is 0 Å². The number of aromatic amines is 1. The number of ether oxygens (including phenoxy) is 2. The van der Waals surface area contributed by atoms with E-state index in [1.807, 2.05) is 25.4 Å². The number of hydrogen-bond donors (Lipinski definition) is 4. The Kier molecular flexibility index (Phi) is 5.72. The van der Waals surface area contributed by atoms with Crippen LogP contribution in [0.5, 0.6) is 5.75 Å². The van der Waals surface area contributed by atoms with Crippen LogP contribution in [0.1, 0.15) is 29.5 Å². The zero-order valence-corrected chi connectivity index (χ0v) is 19.2. The Balaban J connectivity index is 1.58. The summed E-state index contributed by atoms with van der Waals surface area (Å²) in [5.41, 5.74) is 8.09. The van der Waals surface area contributed by atoms with Gasteiger partial charge in [0.1, 0.15) is 17.4 Å². The van der Waals surface area contributed by atoms with E-state index in [4.69, 9.17) is 15.2 Å². The maximum absolute atomic E-state index is 13.8. The molecule has 12 heteroatoms. The lowest BCUT2D eigenvalue weighted by Gasteiger charge is -2.39. The standard InChI is InChI=1S/C23H26F3N7O2/c1-33-12-14(10-29-33)13-3-4-16(18(9-13)34-2)23(27)31-20-19(17(11-28-20)22(24,25)26)21(32-23)30-15-5-7-35-8-6-15/h3-4,9-12,15,28,31H,5-8,27H2,1-2H3,(H,30,32). The van der Waals surface area contributed by atoms with Gasteiger partial charge in [-0.05, 0) is 30.5 Å². The van der Waals surface area contributed by atoms with E-state index in [0.717, 1.165) is 17.3 Å². The molecule has 5 rings (SSSR count). The first-order valence-corrected chi connectivity index (χ1v) is 11.1. The minimum Gasteiger partial charge on any atom is -0.496 e. The summed E-state index contributed by atoms with van der Waals surface area (Å²) in [6, 6.07) is 5.25. The molecule has 0 bridgehead atoms. The molecule has 0 aliphatic carbocycles. The lowest BCUT2D eigenvalue weighted by atomic mass is 9.98. The largest absolute Gasteiger partial charge is 0.496 e. The van der Waals surface area contributed by atoms with E-state index in [1.165, 1.54) is 7.11 Å². The predicted octanol–water partition coefficient (Wildman–Crippen LogP) is 3.15. The number of rotatable bonds is 4. The van der Waals surface area contributed by atoms with Gasteiger partial charge in [-0.25, -0.2) is 0 Å². The van der Waals surface area contributed by atoms with Gasteiger partial charge in [0.15, 0.2) is 5.79 Å². The molecule has 1 aromatic carbocycles. The van der Waals surface area contributed by atoms with Crippen molar-refractivity contribution in [3.05, 3.63) is 53.5 Å². The molecule has 2 aliphatic heterocycles. The number of aromatic nitrogens is 3. The minimum absolute atomic E-state index is 0.0695. The fraction of sp³-hybridized carbons (Fsp3) is 0.391. The van der Waals surface area contributed by atoms with Crippen molar-refractivity contribution in [3.63, 3.8) is 0 Å². The number of hydrogen-bond acceptors (Lipinski definition) is 6. The molecule has 9 nitrogen and oxygen atoms in total. The second-order valence-corrected chi connectivity index (χ2v) is 8.65. The highest BCUT2D eigenvalue weighted by Crippen LogP contribution is 2.40. The van der Waals surface area contributed by atoms with Crippen LogP contribution in [0.2, 0.25) is 0 Å². The molecular formula is C23H26F3N7O2. The molecule has 186 valence electrons. The molecule has 1 fully saturated rings. The highest BCUT2D eigenvalue weighted by Gasteiger charge is 2.44. The second-order valence-electron chi connectivity index (χ2n) is 8.65. The van der Waals surface area contributed by atoms with Crippen molar-refractivity contribution < 1.29 is 22.6 Å². The summed E-state index contributed by atoms with van der Waals surface area (Å²) in [5.74, 6) is -0.850. The van der Waals surface area contributed by atoms with Gasteiger partial charge >= 0.3 is 6.18 Å². The van der Waals surface area contributed by atoms with E-state index in [-0.39, 0.29) is 23.3 Å². The number of benzene rings is 1. The van der Waals surface area contributed by atoms with E-state index in [1.54, 1.807) is 16.9 Å². The first-order chi connectivity index (χ1) is 16.7. The topological polar surface area (TPSA) is 115 Å². The zero-order valence-electron chi connectivity index (χ0n) is 19.2. The average Bonchev–Trinajstić information content (AvgIpc) is 3.45. The van der Waals surface area contributed by atoms with Crippen molar-refractivity contribution in [1.82, 2.24) is 20.1 Å². The number of nitrogens with zero attached hydrogens (tertiary/aromatic N) is 3. The van der Waals surface area contributed by atoms with Crippen LogP contribution in [0, 0.1) is 0 Å². The summed E-state index contributed by atoms with van der Waals surface area (Å²) in [5, 5.41) is 10.2. The Morgan fingerprint density at radius 1 is 1.23 bits per heavy atom. The van der Waals surface area contributed by atoms with Crippen LogP contribution in [-0.2, 0) is 23.7 Å². The van der Waals surface area contributed by atoms with Crippen LogP contribution >= 0.6 is 0 Å². The molecule has 0 radical (unpaired) electrons. The van der Waals surface area contributed by atoms with Crippen LogP contribution in [0.15, 0.2) is 41.8 Å². The van der Waals surface area contributed by atoms with Crippen LogP contribution in [0.25, 0.3) is 11.1 Å². The van der Waals surface area contributed by atoms with Crippen molar-refractivity contribution in [1.29, 1.82) is 0 Å². The summed E-state index contributed by atoms with van der Waals surface area (Å²) >= 11 is 0. The fourth-order valence-corrected chi connectivity index (χ4v) is 4.46. The van der Waals surface area contributed by atoms with Crippen LogP contribution in [-0.4, -0.2) is 47.0 Å². The number of methoxy groups -OCH3 is 1. The van der Waals surface area contributed by atoms with Gasteiger partial charge in [-0.3, -0.25) is 15.4 Å². The first kappa shape index (κ1) is 23.2. The van der Waals surface area contributed by atoms with Crippen molar-refractivity contribution in [2.75, 3.05) is 25.6 Å². The third kappa shape index (κ3) is 4.34. The van der Waals surface area contributed by atoms with E-state index < -0.39 is 17.5 Å². The molecule has 2 aliphatic rings. The van der Waals surface area contributed by atoms with Crippen molar-refractivity contribution in [2.24, 2.45) is 17.8 Å². The number of fused-ring (bicyclic) bond motifs is 1. The number of aryl methyl sites for hydroxylation is 1. The molecule has 35 heavy (non-hydrogen) atoms. The number of nitrogens with one attached hydrogen (secondary N) is 3. The predicted molar refractivity (Wildman–Crippen MR) is 124 cm³/mol. The highest BCUT2D eigenvalue weighted by atomic mass is 19.4. The van der Waals surface area contributed by atoms with Crippen LogP contribution in [0.3, 0.4) is 0 Å². The third-order valence-corrected chi connectivity index (χ3v) is 6.23. The summed E-state index contributed by atoms with van der Waals surface area (Å²) in [7, 11) is 3.33. The summed E-state index contributed by atoms with van der Waals surface area (Å²) in [6.45, 7) is 1.01. The second kappa shape index (κ2) is 8.61. The van der Waals surface area contributed by atoms with E-state index in [2.05, 4.69) is 25.7 Å². The Labute approximate surface area is 199 Å². The molecule has 1 atom stereocenters. The van der Waals surface area contributed by atoms with E-state index in [0.29, 0.717) is 37.4 Å². The molecule has 2 aromatic heterocycles. The molecule has 0 spiro atoms. The molecule has 5 N–H and O–H groups in total. The monoisotopic (exact) mass is 489 g/mol. The normalized spacial score (nSPS) is 21.9. The van der Waals surface area contributed by atoms with Crippen molar-refractivity contribution >= 4 is 11.7 Å². The molecule has 0 amide bonds. The van der Waals surface area contributed by atoms with Gasteiger partial charge in [0.2, 0.25) is 0 Å². The number of anilines is 1. The quantitative estimate of drug-likeness (QED) is 0.448. The zero-order chi connectivity index (χ0) is 24.8. The lowest BCUT2D eigenvalue weighted by Crippen LogP contribution is -2.62. The van der Waals surface area contributed by atoms with Gasteiger partial charge in [-0.2, -0.15) is 18.3 Å². The van der Waals surface area contributed by atoms with Crippen molar-refractivity contribution in [2.45, 2.75) is 30.8 Å². The fourth-order valence-electron chi connectivity index (χ4n) is 4.46. The third-order valence-electron chi connectivity index (χ3n) is 6.23. The molecule has 4 heterocycles. The maximum atomic E-state index is 13.8. The van der Waals surface area contributed by atoms with Crippen LogP contribution < -0.4 is 21.1 Å². The number of alkyl halides is 3. The molecule has 3 aromatic rings. The Bertz CT molecular complexity index is 1260. The summed E-state index contributed by atoms with van der Waals surface area (Å²) in [4.78, 5) is 7.35. The number of amidine groups is 1. The van der Waals surface area contributed by atoms with Crippen molar-refractivity contribution in [3.8, 4) is 16.9 Å². The maximum Gasteiger partial charge on any atom is 0.418 e. The minimum atomic E-state index is -4.57. The summed E-state index contributed by atoms with van der Waals surface area (Å²) < 4.78 is 54.1. The summed E-state index contributed by atoms with van der Waals surface area (Å²) in [6.07, 6.45) is 1.17. The van der Waals surface area contributed by atoms with E-state index in [9.17, 15) is 13.2 Å². The van der Waals surface area contributed by atoms with Gasteiger partial charge in [0.05, 0.1) is 36.0 Å². The lowest BCUT2D eigenvalue weighted by molar-refractivity contribution is -0.137. The molecule has 1 unspecified atom stereocenters. The van der Waals surface area contributed by atoms with Gasteiger partial charge in [-0.15, -0.1) is 0 Å². The number of aliphatic imine (C=N–C) groups is 1. The van der Waals surface area contributed by atoms with Crippen LogP contribution in [0.4, 0.5) is 19.0 Å². The number of halogens is 3. The average molecular weight is 490 g/mol. The number of nitrogens with two attached hydrogens (primary N) is 1. The van der Waals surface area contributed by atoms with Gasteiger partial charge in [-0.1, -0.05) is 6.07 Å². The highest BCUT2D eigenvalue weighted by molar-refractivity contribution is 6.07. The van der Waals surface area contributed by atoms with Gasteiger partial charge in [0, 0.05) is 38.2 Å². The Morgan fingerprint density at radius 2 is 2.00 bits per heavy atom. The first-order valence-electron chi connectivity index (χ1n) is 11.1.